The van der Waals surface area contributed by atoms with Crippen molar-refractivity contribution in [2.75, 3.05) is 72.6 Å². The lowest BCUT2D eigenvalue weighted by Crippen LogP contribution is -2.55. The SMILES string of the molecule is CC.CN1CCC(N2CCC(N3CCN(CCO)CC3)CC2)CC1. The summed E-state index contributed by atoms with van der Waals surface area (Å²) in [5.74, 6) is 0. The number of aliphatic hydroxyl groups is 1. The summed E-state index contributed by atoms with van der Waals surface area (Å²) in [5, 5.41) is 9.04. The molecular weight excluding hydrogens is 300 g/mol. The number of aliphatic hydroxyl groups excluding tert-OH is 1. The van der Waals surface area contributed by atoms with Crippen LogP contribution in [0.5, 0.6) is 0 Å². The summed E-state index contributed by atoms with van der Waals surface area (Å²) in [7, 11) is 2.25. The Balaban J connectivity index is 0.00000100. The molecule has 3 aliphatic rings. The highest BCUT2D eigenvalue weighted by Crippen LogP contribution is 2.23. The van der Waals surface area contributed by atoms with Gasteiger partial charge in [0, 0.05) is 44.8 Å². The van der Waals surface area contributed by atoms with Gasteiger partial charge in [-0.1, -0.05) is 13.8 Å². The molecular formula is C19H40N4O. The highest BCUT2D eigenvalue weighted by Gasteiger charge is 2.30. The van der Waals surface area contributed by atoms with Gasteiger partial charge >= 0.3 is 0 Å². The van der Waals surface area contributed by atoms with Gasteiger partial charge in [-0.25, -0.2) is 0 Å². The molecule has 3 saturated heterocycles. The molecule has 0 saturated carbocycles. The highest BCUT2D eigenvalue weighted by atomic mass is 16.3. The smallest absolute Gasteiger partial charge is 0.0558 e. The van der Waals surface area contributed by atoms with E-state index in [0.29, 0.717) is 6.61 Å². The number of β-amino-alcohol motifs (C(OH)–C–C–N with tert-alkyl or cyclic N) is 1. The van der Waals surface area contributed by atoms with Crippen LogP contribution in [0.1, 0.15) is 39.5 Å². The predicted molar refractivity (Wildman–Crippen MR) is 102 cm³/mol. The van der Waals surface area contributed by atoms with Gasteiger partial charge in [0.15, 0.2) is 0 Å². The molecule has 0 atom stereocenters. The van der Waals surface area contributed by atoms with Crippen LogP contribution in [0.4, 0.5) is 0 Å². The lowest BCUT2D eigenvalue weighted by Gasteiger charge is -2.45. The van der Waals surface area contributed by atoms with Gasteiger partial charge in [-0.05, 0) is 58.9 Å². The van der Waals surface area contributed by atoms with Crippen molar-refractivity contribution < 1.29 is 5.11 Å². The Morgan fingerprint density at radius 2 is 1.17 bits per heavy atom. The van der Waals surface area contributed by atoms with Crippen LogP contribution in [0.2, 0.25) is 0 Å². The van der Waals surface area contributed by atoms with E-state index in [0.717, 1.165) is 31.7 Å². The zero-order valence-electron chi connectivity index (χ0n) is 16.3. The fourth-order valence-electron chi connectivity index (χ4n) is 4.47. The number of piperidine rings is 2. The number of piperazine rings is 1. The van der Waals surface area contributed by atoms with Crippen molar-refractivity contribution in [3.63, 3.8) is 0 Å². The second-order valence-corrected chi connectivity index (χ2v) is 7.40. The molecule has 0 aliphatic carbocycles. The first-order valence-electron chi connectivity index (χ1n) is 10.3. The van der Waals surface area contributed by atoms with E-state index in [4.69, 9.17) is 5.11 Å². The van der Waals surface area contributed by atoms with Crippen molar-refractivity contribution in [1.29, 1.82) is 0 Å². The lowest BCUT2D eigenvalue weighted by atomic mass is 9.97. The first kappa shape index (κ1) is 20.1. The third-order valence-electron chi connectivity index (χ3n) is 6.04. The summed E-state index contributed by atoms with van der Waals surface area (Å²) < 4.78 is 0. The van der Waals surface area contributed by atoms with Crippen LogP contribution in [0.25, 0.3) is 0 Å². The van der Waals surface area contributed by atoms with Gasteiger partial charge in [0.2, 0.25) is 0 Å². The summed E-state index contributed by atoms with van der Waals surface area (Å²) in [6.07, 6.45) is 5.43. The maximum Gasteiger partial charge on any atom is 0.0558 e. The van der Waals surface area contributed by atoms with Crippen LogP contribution in [-0.4, -0.2) is 109 Å². The Morgan fingerprint density at radius 1 is 0.708 bits per heavy atom. The lowest BCUT2D eigenvalue weighted by molar-refractivity contribution is 0.0327. The van der Waals surface area contributed by atoms with Crippen molar-refractivity contribution in [2.24, 2.45) is 0 Å². The molecule has 1 N–H and O–H groups in total. The van der Waals surface area contributed by atoms with Crippen molar-refractivity contribution >= 4 is 0 Å². The number of likely N-dealkylation sites (tertiary alicyclic amines) is 2. The van der Waals surface area contributed by atoms with Crippen LogP contribution < -0.4 is 0 Å². The normalized spacial score (nSPS) is 27.0. The van der Waals surface area contributed by atoms with Gasteiger partial charge in [0.05, 0.1) is 6.61 Å². The molecule has 0 spiro atoms. The van der Waals surface area contributed by atoms with Gasteiger partial charge in [-0.15, -0.1) is 0 Å². The monoisotopic (exact) mass is 340 g/mol. The van der Waals surface area contributed by atoms with Gasteiger partial charge in [-0.2, -0.15) is 0 Å². The third-order valence-corrected chi connectivity index (χ3v) is 6.04. The first-order chi connectivity index (χ1) is 11.8. The Kier molecular flexibility index (Phi) is 8.98. The fraction of sp³-hybridized carbons (Fsp3) is 1.00. The summed E-state index contributed by atoms with van der Waals surface area (Å²) in [5.41, 5.74) is 0. The standard InChI is InChI=1S/C17H34N4O.C2H6/c1-18-6-2-16(3-7-18)20-8-4-17(5-9-20)21-12-10-19(11-13-21)14-15-22;1-2/h16-17,22H,2-15H2,1H3;1-2H3. The van der Waals surface area contributed by atoms with Crippen LogP contribution in [-0.2, 0) is 0 Å². The molecule has 0 aromatic heterocycles. The molecule has 0 unspecified atom stereocenters. The minimum Gasteiger partial charge on any atom is -0.395 e. The van der Waals surface area contributed by atoms with Gasteiger partial charge in [0.1, 0.15) is 0 Å². The quantitative estimate of drug-likeness (QED) is 0.831. The van der Waals surface area contributed by atoms with E-state index in [2.05, 4.69) is 26.6 Å². The molecule has 24 heavy (non-hydrogen) atoms. The van der Waals surface area contributed by atoms with Gasteiger partial charge < -0.3 is 14.9 Å². The van der Waals surface area contributed by atoms with Crippen LogP contribution in [0.15, 0.2) is 0 Å². The number of hydrogen-bond acceptors (Lipinski definition) is 5. The molecule has 0 amide bonds. The summed E-state index contributed by atoms with van der Waals surface area (Å²) in [4.78, 5) is 10.3. The molecule has 3 rings (SSSR count). The first-order valence-corrected chi connectivity index (χ1v) is 10.3. The Morgan fingerprint density at radius 3 is 1.67 bits per heavy atom. The molecule has 3 aliphatic heterocycles. The highest BCUT2D eigenvalue weighted by molar-refractivity contribution is 4.87. The Bertz CT molecular complexity index is 317. The molecule has 0 radical (unpaired) electrons. The average Bonchev–Trinajstić information content (AvgIpc) is 2.65. The van der Waals surface area contributed by atoms with E-state index in [1.54, 1.807) is 0 Å². The van der Waals surface area contributed by atoms with E-state index in [1.807, 2.05) is 13.8 Å². The van der Waals surface area contributed by atoms with E-state index in [1.165, 1.54) is 65.0 Å². The Labute approximate surface area is 149 Å². The maximum absolute atomic E-state index is 9.04. The van der Waals surface area contributed by atoms with E-state index < -0.39 is 0 Å². The minimum absolute atomic E-state index is 0.301. The number of rotatable bonds is 4. The molecule has 3 fully saturated rings. The third kappa shape index (κ3) is 5.67. The zero-order valence-corrected chi connectivity index (χ0v) is 16.3. The second-order valence-electron chi connectivity index (χ2n) is 7.40. The topological polar surface area (TPSA) is 33.2 Å². The van der Waals surface area contributed by atoms with Crippen molar-refractivity contribution in [3.05, 3.63) is 0 Å². The maximum atomic E-state index is 9.04. The molecule has 0 bridgehead atoms. The number of nitrogens with zero attached hydrogens (tertiary/aromatic N) is 4. The average molecular weight is 341 g/mol. The van der Waals surface area contributed by atoms with Crippen LogP contribution in [0, 0.1) is 0 Å². The van der Waals surface area contributed by atoms with Gasteiger partial charge in [-0.3, -0.25) is 9.80 Å². The molecule has 0 aromatic rings. The summed E-state index contributed by atoms with van der Waals surface area (Å²) in [6, 6.07) is 1.65. The molecule has 142 valence electrons. The molecule has 3 heterocycles. The van der Waals surface area contributed by atoms with Gasteiger partial charge in [0.25, 0.3) is 0 Å². The van der Waals surface area contributed by atoms with Crippen molar-refractivity contribution in [3.8, 4) is 0 Å². The van der Waals surface area contributed by atoms with Crippen LogP contribution in [0.3, 0.4) is 0 Å². The van der Waals surface area contributed by atoms with E-state index in [9.17, 15) is 0 Å². The molecule has 5 heteroatoms. The predicted octanol–water partition coefficient (Wildman–Crippen LogP) is 1.18. The number of hydrogen-bond donors (Lipinski definition) is 1. The van der Waals surface area contributed by atoms with Crippen molar-refractivity contribution in [2.45, 2.75) is 51.6 Å². The second kappa shape index (κ2) is 10.7. The van der Waals surface area contributed by atoms with E-state index in [-0.39, 0.29) is 0 Å². The largest absolute Gasteiger partial charge is 0.395 e. The van der Waals surface area contributed by atoms with Crippen LogP contribution >= 0.6 is 0 Å². The molecule has 0 aromatic carbocycles. The summed E-state index contributed by atoms with van der Waals surface area (Å²) >= 11 is 0. The van der Waals surface area contributed by atoms with E-state index >= 15 is 0 Å². The summed E-state index contributed by atoms with van der Waals surface area (Å²) in [6.45, 7) is 15.0. The minimum atomic E-state index is 0.301. The van der Waals surface area contributed by atoms with Crippen molar-refractivity contribution in [1.82, 2.24) is 19.6 Å². The fourth-order valence-corrected chi connectivity index (χ4v) is 4.47. The Hall–Kier alpha value is -0.200. The zero-order chi connectivity index (χ0) is 17.4. The molecule has 5 nitrogen and oxygen atoms in total.